The first-order chi connectivity index (χ1) is 14.8. The lowest BCUT2D eigenvalue weighted by molar-refractivity contribution is -0.154. The van der Waals surface area contributed by atoms with Gasteiger partial charge in [0.05, 0.1) is 0 Å². The fourth-order valence-electron chi connectivity index (χ4n) is 5.66. The molecule has 0 atom stereocenters. The molecule has 1 nitrogen and oxygen atoms in total. The molecule has 3 rings (SSSR count). The Hall–Kier alpha value is -1.11. The van der Waals surface area contributed by atoms with Crippen LogP contribution in [0.3, 0.4) is 0 Å². The summed E-state index contributed by atoms with van der Waals surface area (Å²) >= 11 is 0. The maximum Gasteiger partial charge on any atom is 0.422 e. The highest BCUT2D eigenvalue weighted by Gasteiger charge is 2.33. The maximum absolute atomic E-state index is 14.2. The Labute approximate surface area is 184 Å². The minimum absolute atomic E-state index is 0.0664. The molecule has 1 aromatic carbocycles. The predicted molar refractivity (Wildman–Crippen MR) is 116 cm³/mol. The van der Waals surface area contributed by atoms with Gasteiger partial charge in [0.15, 0.2) is 24.0 Å². The Balaban J connectivity index is 1.48. The molecule has 0 unspecified atom stereocenters. The molecule has 31 heavy (non-hydrogen) atoms. The number of unbranched alkanes of at least 4 members (excludes halogenated alkanes) is 2. The van der Waals surface area contributed by atoms with Gasteiger partial charge in [-0.15, -0.1) is 0 Å². The van der Waals surface area contributed by atoms with Crippen molar-refractivity contribution in [3.63, 3.8) is 0 Å². The van der Waals surface area contributed by atoms with Crippen LogP contribution >= 0.6 is 0 Å². The number of ether oxygens (including phenoxy) is 1. The van der Waals surface area contributed by atoms with Crippen LogP contribution in [0.5, 0.6) is 5.75 Å². The van der Waals surface area contributed by atoms with E-state index < -0.39 is 39.0 Å². The first-order valence-corrected chi connectivity index (χ1v) is 14.4. The lowest BCUT2D eigenvalue weighted by Crippen LogP contribution is -2.28. The van der Waals surface area contributed by atoms with Crippen LogP contribution in [0.15, 0.2) is 12.1 Å². The van der Waals surface area contributed by atoms with Crippen LogP contribution < -0.4 is 4.74 Å². The Morgan fingerprint density at radius 3 is 2.03 bits per heavy atom. The maximum atomic E-state index is 14.2. The van der Waals surface area contributed by atoms with E-state index in [4.69, 9.17) is 0 Å². The van der Waals surface area contributed by atoms with Crippen LogP contribution in [0, 0.1) is 23.5 Å². The zero-order valence-electron chi connectivity index (χ0n) is 18.5. The van der Waals surface area contributed by atoms with E-state index in [0.29, 0.717) is 11.5 Å². The number of alkyl halides is 3. The number of rotatable bonds is 8. The topological polar surface area (TPSA) is 9.23 Å². The first-order valence-electron chi connectivity index (χ1n) is 11.9. The summed E-state index contributed by atoms with van der Waals surface area (Å²) in [6.45, 7) is 0.558. The van der Waals surface area contributed by atoms with Crippen LogP contribution in [-0.4, -0.2) is 21.6 Å². The third kappa shape index (κ3) is 7.19. The van der Waals surface area contributed by atoms with Crippen molar-refractivity contribution >= 4 is 8.80 Å². The lowest BCUT2D eigenvalue weighted by atomic mass is 9.72. The van der Waals surface area contributed by atoms with Gasteiger partial charge in [-0.05, 0) is 61.1 Å². The molecule has 2 aliphatic rings. The lowest BCUT2D eigenvalue weighted by Gasteiger charge is -2.37. The molecule has 0 bridgehead atoms. The molecule has 1 heterocycles. The zero-order valence-corrected chi connectivity index (χ0v) is 19.6. The zero-order chi connectivity index (χ0) is 22.4. The van der Waals surface area contributed by atoms with E-state index in [1.165, 1.54) is 50.2 Å². The van der Waals surface area contributed by atoms with Crippen molar-refractivity contribution in [2.24, 2.45) is 11.8 Å². The van der Waals surface area contributed by atoms with Gasteiger partial charge in [-0.1, -0.05) is 57.2 Å². The summed E-state index contributed by atoms with van der Waals surface area (Å²) in [7, 11) is -0.511. The summed E-state index contributed by atoms with van der Waals surface area (Å²) in [5, 5.41) is 0. The molecule has 1 aliphatic heterocycles. The highest BCUT2D eigenvalue weighted by atomic mass is 28.3. The fraction of sp³-hybridized carbons (Fsp3) is 0.750. The predicted octanol–water partition coefficient (Wildman–Crippen LogP) is 8.01. The Morgan fingerprint density at radius 2 is 1.48 bits per heavy atom. The molecule has 0 aromatic heterocycles. The third-order valence-electron chi connectivity index (χ3n) is 7.42. The molecular formula is C24H35F5OSi. The standard InChI is InChI=1S/C24H35F5OSi/c1-2-3-4-11-31-12-9-19(10-13-31)17-5-7-18(8-6-17)20-14-21(25)23(22(26)15-20)30-16-24(27,28)29/h14-15,17-19,31H,2-13,16H2,1H3/t17?,18?,19-,31-. The highest BCUT2D eigenvalue weighted by molar-refractivity contribution is 6.58. The molecule has 1 saturated carbocycles. The number of hydrogen-bond acceptors (Lipinski definition) is 1. The van der Waals surface area contributed by atoms with Crippen LogP contribution in [0.25, 0.3) is 0 Å². The van der Waals surface area contributed by atoms with Crippen molar-refractivity contribution in [2.45, 2.75) is 94.9 Å². The Kier molecular flexibility index (Phi) is 8.82. The van der Waals surface area contributed by atoms with Gasteiger partial charge in [-0.2, -0.15) is 13.2 Å². The summed E-state index contributed by atoms with van der Waals surface area (Å²) in [5.74, 6) is -1.44. The summed E-state index contributed by atoms with van der Waals surface area (Å²) in [4.78, 5) is 0. The highest BCUT2D eigenvalue weighted by Crippen LogP contribution is 2.44. The van der Waals surface area contributed by atoms with Gasteiger partial charge in [0, 0.05) is 8.80 Å². The van der Waals surface area contributed by atoms with Gasteiger partial charge >= 0.3 is 6.18 Å². The van der Waals surface area contributed by atoms with Gasteiger partial charge in [0.25, 0.3) is 0 Å². The van der Waals surface area contributed by atoms with E-state index in [1.54, 1.807) is 0 Å². The van der Waals surface area contributed by atoms with Crippen LogP contribution in [0.2, 0.25) is 18.1 Å². The molecule has 7 heteroatoms. The van der Waals surface area contributed by atoms with E-state index in [9.17, 15) is 22.0 Å². The summed E-state index contributed by atoms with van der Waals surface area (Å²) in [5.41, 5.74) is 0.542. The summed E-state index contributed by atoms with van der Waals surface area (Å²) in [6.07, 6.45) is 6.11. The first kappa shape index (κ1) is 24.5. The second kappa shape index (κ2) is 11.1. The number of hydrogen-bond donors (Lipinski definition) is 0. The molecule has 1 saturated heterocycles. The van der Waals surface area contributed by atoms with E-state index in [1.807, 2.05) is 0 Å². The van der Waals surface area contributed by atoms with Crippen molar-refractivity contribution in [1.29, 1.82) is 0 Å². The van der Waals surface area contributed by atoms with Crippen molar-refractivity contribution < 1.29 is 26.7 Å². The van der Waals surface area contributed by atoms with Crippen LogP contribution in [0.4, 0.5) is 22.0 Å². The second-order valence-corrected chi connectivity index (χ2v) is 13.1. The second-order valence-electron chi connectivity index (χ2n) is 9.61. The van der Waals surface area contributed by atoms with Crippen molar-refractivity contribution in [1.82, 2.24) is 0 Å². The minimum atomic E-state index is -4.63. The normalized spacial score (nSPS) is 27.3. The van der Waals surface area contributed by atoms with Gasteiger partial charge in [0.2, 0.25) is 0 Å². The third-order valence-corrected chi connectivity index (χ3v) is 10.9. The molecular weight excluding hydrogens is 427 g/mol. The quantitative estimate of drug-likeness (QED) is 0.216. The largest absolute Gasteiger partial charge is 0.478 e. The fourth-order valence-corrected chi connectivity index (χ4v) is 9.19. The molecule has 0 N–H and O–H groups in total. The van der Waals surface area contributed by atoms with Gasteiger partial charge in [-0.3, -0.25) is 0 Å². The Morgan fingerprint density at radius 1 is 0.903 bits per heavy atom. The number of halogens is 5. The Bertz CT molecular complexity index is 669. The van der Waals surface area contributed by atoms with Crippen molar-refractivity contribution in [3.05, 3.63) is 29.3 Å². The van der Waals surface area contributed by atoms with Gasteiger partial charge in [-0.25, -0.2) is 8.78 Å². The van der Waals surface area contributed by atoms with Gasteiger partial charge in [0.1, 0.15) is 0 Å². The molecule has 1 aliphatic carbocycles. The van der Waals surface area contributed by atoms with E-state index in [0.717, 1.165) is 43.7 Å². The van der Waals surface area contributed by atoms with Crippen molar-refractivity contribution in [2.75, 3.05) is 6.61 Å². The molecule has 0 spiro atoms. The van der Waals surface area contributed by atoms with E-state index >= 15 is 0 Å². The monoisotopic (exact) mass is 462 g/mol. The SMILES string of the molecule is CCCCC[Si@H]1CC[C@H](C2CCC(c3cc(F)c(OCC(F)(F)F)c(F)c3)CC2)CC1. The molecule has 1 aromatic rings. The average Bonchev–Trinajstić information content (AvgIpc) is 2.73. The van der Waals surface area contributed by atoms with Crippen molar-refractivity contribution in [3.8, 4) is 5.75 Å². The van der Waals surface area contributed by atoms with E-state index in [2.05, 4.69) is 11.7 Å². The van der Waals surface area contributed by atoms with E-state index in [-0.39, 0.29) is 5.92 Å². The smallest absolute Gasteiger partial charge is 0.422 e. The molecule has 0 amide bonds. The van der Waals surface area contributed by atoms with Gasteiger partial charge < -0.3 is 4.74 Å². The van der Waals surface area contributed by atoms with Crippen LogP contribution in [-0.2, 0) is 0 Å². The average molecular weight is 463 g/mol. The minimum Gasteiger partial charge on any atom is -0.478 e. The molecule has 2 fully saturated rings. The van der Waals surface area contributed by atoms with Crippen LogP contribution in [0.1, 0.15) is 76.2 Å². The number of benzene rings is 1. The summed E-state index contributed by atoms with van der Waals surface area (Å²) < 4.78 is 69.7. The summed E-state index contributed by atoms with van der Waals surface area (Å²) in [6, 6.07) is 6.78. The molecule has 0 radical (unpaired) electrons. The molecule has 176 valence electrons.